The van der Waals surface area contributed by atoms with Crippen molar-refractivity contribution >= 4 is 97.6 Å². The molecule has 0 bridgehead atoms. The number of aromatic nitrogens is 2. The Morgan fingerprint density at radius 3 is 2.12 bits per heavy atom. The van der Waals surface area contributed by atoms with Gasteiger partial charge >= 0.3 is 0 Å². The first-order valence-corrected chi connectivity index (χ1v) is 29.1. The van der Waals surface area contributed by atoms with Crippen LogP contribution in [-0.4, -0.2) is 15.2 Å². The topological polar surface area (TPSA) is 33.2 Å². The molecule has 2 aliphatic carbocycles. The van der Waals surface area contributed by atoms with E-state index in [9.17, 15) is 0 Å². The van der Waals surface area contributed by atoms with Crippen molar-refractivity contribution in [1.82, 2.24) is 9.55 Å². The number of hydrogen-bond donors (Lipinski definition) is 1. The van der Waals surface area contributed by atoms with Crippen LogP contribution in [0.4, 0.5) is 11.4 Å². The maximum absolute atomic E-state index is 6.42. The number of para-hydroxylation sites is 3. The van der Waals surface area contributed by atoms with Gasteiger partial charge in [0.1, 0.15) is 11.4 Å². The fourth-order valence-corrected chi connectivity index (χ4v) is 12.6. The molecule has 0 radical (unpaired) electrons. The molecule has 80 heavy (non-hydrogen) atoms. The molecule has 15 rings (SSSR count). The van der Waals surface area contributed by atoms with Gasteiger partial charge in [0.25, 0.3) is 0 Å². The smallest absolute Gasteiger partial charge is 0.136 e. The summed E-state index contributed by atoms with van der Waals surface area (Å²) in [6.07, 6.45) is 23.2. The molecule has 4 nitrogen and oxygen atoms in total. The lowest BCUT2D eigenvalue weighted by atomic mass is 9.81. The third-order valence-electron chi connectivity index (χ3n) is 14.9. The van der Waals surface area contributed by atoms with Crippen LogP contribution in [0.5, 0.6) is 0 Å². The van der Waals surface area contributed by atoms with Gasteiger partial charge in [-0.1, -0.05) is 188 Å². The van der Waals surface area contributed by atoms with E-state index >= 15 is 0 Å². The third-order valence-corrected chi connectivity index (χ3v) is 16.1. The van der Waals surface area contributed by atoms with Gasteiger partial charge in [0.05, 0.1) is 16.7 Å². The van der Waals surface area contributed by atoms with E-state index in [1.54, 1.807) is 0 Å². The predicted octanol–water partition coefficient (Wildman–Crippen LogP) is 21.9. The minimum absolute atomic E-state index is 0.349. The van der Waals surface area contributed by atoms with Crippen molar-refractivity contribution in [3.05, 3.63) is 277 Å². The fraction of sp³-hybridized carbons (Fsp3) is 0.133. The fourth-order valence-electron chi connectivity index (χ4n) is 11.3. The van der Waals surface area contributed by atoms with Crippen molar-refractivity contribution in [1.29, 1.82) is 0 Å². The highest BCUT2D eigenvalue weighted by atomic mass is 32.1. The lowest BCUT2D eigenvalue weighted by Crippen LogP contribution is -2.27. The molecule has 11 aromatic rings. The Kier molecular flexibility index (Phi) is 15.3. The lowest BCUT2D eigenvalue weighted by Gasteiger charge is -2.30. The highest BCUT2D eigenvalue weighted by molar-refractivity contribution is 7.26. The molecule has 0 saturated heterocycles. The Hall–Kier alpha value is -9.12. The van der Waals surface area contributed by atoms with Crippen molar-refractivity contribution in [2.24, 2.45) is 0 Å². The van der Waals surface area contributed by atoms with Crippen molar-refractivity contribution in [3.63, 3.8) is 0 Å². The molecule has 0 fully saturated rings. The Balaban J connectivity index is 0.000000156. The normalized spacial score (nSPS) is 16.5. The number of rotatable bonds is 4. The summed E-state index contributed by atoms with van der Waals surface area (Å²) >= 11 is 1.84. The Bertz CT molecular complexity index is 4420. The minimum Gasteiger partial charge on any atom is -0.481 e. The molecule has 2 aliphatic heterocycles. The van der Waals surface area contributed by atoms with Crippen LogP contribution in [0.15, 0.2) is 266 Å². The van der Waals surface area contributed by atoms with E-state index in [-0.39, 0.29) is 5.60 Å². The number of aromatic amines is 1. The molecule has 394 valence electrons. The van der Waals surface area contributed by atoms with Crippen LogP contribution >= 0.6 is 11.3 Å². The predicted molar refractivity (Wildman–Crippen MR) is 348 cm³/mol. The van der Waals surface area contributed by atoms with Gasteiger partial charge in [-0.2, -0.15) is 0 Å². The molecular weight excluding hydrogens is 991 g/mol. The SMILES string of the molecule is C=C1/C=C\C=C/N(c2cccc(C3=CCC4(C)OC5=C(C=CC=C=C5)C4=C3)c2)c2ccc3c(sc4ccccc43)c21.CC.CC.CCC.c1ccc(-n2c3ccccc3c3cc(-c4ccc5[nH]c6ccccc6c5c4)ccc32)cc1. The average Bonchev–Trinajstić information content (AvgIpc) is 4.22. The monoisotopic (exact) mass is 1060 g/mol. The van der Waals surface area contributed by atoms with Crippen LogP contribution in [0.25, 0.3) is 91.7 Å². The lowest BCUT2D eigenvalue weighted by molar-refractivity contribution is 0.0807. The van der Waals surface area contributed by atoms with Crippen LogP contribution in [0.3, 0.4) is 0 Å². The zero-order valence-electron chi connectivity index (χ0n) is 46.8. The minimum atomic E-state index is -0.349. The Morgan fingerprint density at radius 2 is 1.30 bits per heavy atom. The van der Waals surface area contributed by atoms with Crippen molar-refractivity contribution in [3.8, 4) is 16.8 Å². The Labute approximate surface area is 475 Å². The van der Waals surface area contributed by atoms with Crippen LogP contribution in [0.2, 0.25) is 0 Å². The van der Waals surface area contributed by atoms with Crippen LogP contribution in [0.1, 0.15) is 72.4 Å². The number of anilines is 2. The summed E-state index contributed by atoms with van der Waals surface area (Å²) in [5, 5.41) is 7.68. The molecular formula is C75H67N3OS. The number of hydrogen-bond acceptors (Lipinski definition) is 3. The van der Waals surface area contributed by atoms with E-state index in [0.29, 0.717) is 0 Å². The number of benzene rings is 8. The third kappa shape index (κ3) is 9.70. The standard InChI is InChI=1S/C38H27NOS.C30H20N2.C3H8.2C2H6/c1-25-11-8-9-22-39(33-19-18-30-29-14-6-7-17-35(29)41-37(30)36(25)33)28-13-10-12-26(23-28)27-20-21-38(2)32(24-27)31-15-4-3-5-16-34(31)40-38;1-2-8-22(9-3-1)32-29-13-7-5-11-24(29)26-19-21(15-17-30(26)32)20-14-16-28-25(18-20)23-10-4-6-12-27(23)31-28;1-3-2;2*1-2/h3-4,6-20,22-24H,1,21H2,2H3;1-19,31H;3H2,1-2H3;2*1-2H3/b11-8-,22-9-;;;;. The van der Waals surface area contributed by atoms with Crippen LogP contribution < -0.4 is 4.90 Å². The second kappa shape index (κ2) is 23.1. The summed E-state index contributed by atoms with van der Waals surface area (Å²) in [6, 6.07) is 63.4. The summed E-state index contributed by atoms with van der Waals surface area (Å²) in [5.74, 6) is 0.898. The molecule has 1 atom stereocenters. The summed E-state index contributed by atoms with van der Waals surface area (Å²) < 4.78 is 11.4. The number of nitrogens with zero attached hydrogens (tertiary/aromatic N) is 2. The van der Waals surface area contributed by atoms with Crippen molar-refractivity contribution in [2.45, 2.75) is 66.9 Å². The van der Waals surface area contributed by atoms with Gasteiger partial charge in [-0.15, -0.1) is 17.1 Å². The van der Waals surface area contributed by atoms with E-state index in [4.69, 9.17) is 4.74 Å². The highest BCUT2D eigenvalue weighted by Gasteiger charge is 2.41. The first-order chi connectivity index (χ1) is 39.4. The van der Waals surface area contributed by atoms with E-state index < -0.39 is 0 Å². The number of ether oxygens (including phenoxy) is 1. The first kappa shape index (κ1) is 52.9. The number of fused-ring (bicyclic) bond motifs is 13. The molecule has 1 unspecified atom stereocenters. The molecule has 0 amide bonds. The second-order valence-corrected chi connectivity index (χ2v) is 21.1. The molecule has 5 heteroatoms. The second-order valence-electron chi connectivity index (χ2n) is 20.0. The largest absolute Gasteiger partial charge is 0.481 e. The maximum Gasteiger partial charge on any atom is 0.136 e. The van der Waals surface area contributed by atoms with Gasteiger partial charge < -0.3 is 19.2 Å². The molecule has 5 heterocycles. The average molecular weight is 1060 g/mol. The van der Waals surface area contributed by atoms with Gasteiger partial charge in [-0.25, -0.2) is 0 Å². The Morgan fingerprint density at radius 1 is 0.613 bits per heavy atom. The van der Waals surface area contributed by atoms with Gasteiger partial charge in [-0.3, -0.25) is 0 Å². The molecule has 3 aromatic heterocycles. The highest BCUT2D eigenvalue weighted by Crippen LogP contribution is 2.49. The first-order valence-electron chi connectivity index (χ1n) is 28.3. The summed E-state index contributed by atoms with van der Waals surface area (Å²) in [7, 11) is 0. The number of nitrogens with one attached hydrogen (secondary N) is 1. The van der Waals surface area contributed by atoms with Crippen LogP contribution in [-0.2, 0) is 4.74 Å². The van der Waals surface area contributed by atoms with E-state index in [2.05, 4.69) is 266 Å². The van der Waals surface area contributed by atoms with E-state index in [1.807, 2.05) is 57.3 Å². The van der Waals surface area contributed by atoms with E-state index in [0.717, 1.165) is 34.7 Å². The molecule has 8 aromatic carbocycles. The summed E-state index contributed by atoms with van der Waals surface area (Å²) in [5.41, 5.74) is 20.6. The number of allylic oxidation sites excluding steroid dienone is 9. The summed E-state index contributed by atoms with van der Waals surface area (Å²) in [6.45, 7) is 18.9. The summed E-state index contributed by atoms with van der Waals surface area (Å²) in [4.78, 5) is 5.82. The van der Waals surface area contributed by atoms with E-state index in [1.165, 1.54) is 109 Å². The zero-order valence-corrected chi connectivity index (χ0v) is 47.7. The molecule has 4 aliphatic rings. The van der Waals surface area contributed by atoms with Crippen molar-refractivity contribution in [2.75, 3.05) is 4.90 Å². The zero-order chi connectivity index (χ0) is 55.3. The number of thiophene rings is 1. The molecule has 0 spiro atoms. The maximum atomic E-state index is 6.42. The molecule has 0 saturated carbocycles. The molecule has 1 N–H and O–H groups in total. The van der Waals surface area contributed by atoms with Gasteiger partial charge in [0.2, 0.25) is 0 Å². The van der Waals surface area contributed by atoms with Gasteiger partial charge in [0.15, 0.2) is 0 Å². The van der Waals surface area contributed by atoms with Gasteiger partial charge in [-0.05, 0) is 126 Å². The van der Waals surface area contributed by atoms with Crippen molar-refractivity contribution < 1.29 is 4.74 Å². The van der Waals surface area contributed by atoms with Gasteiger partial charge in [0, 0.05) is 99.5 Å². The quantitative estimate of drug-likeness (QED) is 0.178. The van der Waals surface area contributed by atoms with Crippen LogP contribution in [0, 0.1) is 0 Å². The number of H-pyrrole nitrogens is 1.